The SMILES string of the molecule is COc1ccc2c(c1)C(=O)N1CCCCC1c1cc3nc(N4CC(N)C4)cc(n3n1)N(C)CCNC(=O)CO2. The molecule has 3 aliphatic heterocycles. The molecule has 6 rings (SSSR count). The van der Waals surface area contributed by atoms with E-state index >= 15 is 0 Å². The number of nitrogens with two attached hydrogens (primary N) is 1. The number of piperidine rings is 1. The summed E-state index contributed by atoms with van der Waals surface area (Å²) in [5.74, 6) is 2.13. The van der Waals surface area contributed by atoms with Crippen LogP contribution in [0.15, 0.2) is 30.3 Å². The molecule has 2 saturated heterocycles. The minimum Gasteiger partial charge on any atom is -0.497 e. The molecule has 0 radical (unpaired) electrons. The van der Waals surface area contributed by atoms with Gasteiger partial charge in [0.05, 0.1) is 24.4 Å². The van der Waals surface area contributed by atoms with E-state index in [4.69, 9.17) is 25.3 Å². The van der Waals surface area contributed by atoms with E-state index in [0.717, 1.165) is 49.7 Å². The van der Waals surface area contributed by atoms with Gasteiger partial charge in [-0.3, -0.25) is 9.59 Å². The number of methoxy groups -OCH3 is 1. The van der Waals surface area contributed by atoms with Crippen molar-refractivity contribution in [3.8, 4) is 11.5 Å². The monoisotopic (exact) mass is 534 g/mol. The Morgan fingerprint density at radius 3 is 2.77 bits per heavy atom. The number of benzene rings is 1. The molecule has 5 heterocycles. The molecular formula is C27H34N8O4. The average molecular weight is 535 g/mol. The third kappa shape index (κ3) is 4.80. The molecule has 1 atom stereocenters. The maximum atomic E-state index is 14.0. The van der Waals surface area contributed by atoms with Crippen molar-refractivity contribution in [2.24, 2.45) is 5.73 Å². The second-order valence-electron chi connectivity index (χ2n) is 10.4. The summed E-state index contributed by atoms with van der Waals surface area (Å²) in [5, 5.41) is 7.89. The van der Waals surface area contributed by atoms with E-state index in [2.05, 4.69) is 10.2 Å². The quantitative estimate of drug-likeness (QED) is 0.498. The lowest BCUT2D eigenvalue weighted by atomic mass is 9.98. The van der Waals surface area contributed by atoms with Crippen LogP contribution in [0.25, 0.3) is 5.65 Å². The number of hydrogen-bond donors (Lipinski definition) is 2. The van der Waals surface area contributed by atoms with Crippen molar-refractivity contribution in [1.29, 1.82) is 0 Å². The Morgan fingerprint density at radius 1 is 1.13 bits per heavy atom. The highest BCUT2D eigenvalue weighted by Crippen LogP contribution is 2.36. The van der Waals surface area contributed by atoms with Gasteiger partial charge in [-0.25, -0.2) is 4.98 Å². The second-order valence-corrected chi connectivity index (χ2v) is 10.4. The van der Waals surface area contributed by atoms with Crippen LogP contribution in [0, 0.1) is 0 Å². The molecule has 12 heteroatoms. The molecule has 2 fully saturated rings. The minimum absolute atomic E-state index is 0.139. The van der Waals surface area contributed by atoms with Gasteiger partial charge in [0, 0.05) is 57.9 Å². The smallest absolute Gasteiger partial charge is 0.258 e. The van der Waals surface area contributed by atoms with E-state index < -0.39 is 0 Å². The topological polar surface area (TPSA) is 131 Å². The number of fused-ring (bicyclic) bond motifs is 4. The summed E-state index contributed by atoms with van der Waals surface area (Å²) in [6, 6.07) is 8.99. The summed E-state index contributed by atoms with van der Waals surface area (Å²) >= 11 is 0. The van der Waals surface area contributed by atoms with Crippen molar-refractivity contribution in [2.45, 2.75) is 31.3 Å². The van der Waals surface area contributed by atoms with Gasteiger partial charge in [-0.05, 0) is 37.5 Å². The lowest BCUT2D eigenvalue weighted by molar-refractivity contribution is -0.123. The van der Waals surface area contributed by atoms with Crippen LogP contribution >= 0.6 is 0 Å². The molecular weight excluding hydrogens is 500 g/mol. The molecule has 12 nitrogen and oxygen atoms in total. The molecule has 0 spiro atoms. The van der Waals surface area contributed by atoms with Crippen molar-refractivity contribution in [1.82, 2.24) is 24.8 Å². The van der Waals surface area contributed by atoms with Crippen molar-refractivity contribution in [3.05, 3.63) is 41.6 Å². The van der Waals surface area contributed by atoms with Gasteiger partial charge in [-0.1, -0.05) is 0 Å². The molecule has 2 amide bonds. The summed E-state index contributed by atoms with van der Waals surface area (Å²) in [6.45, 7) is 2.85. The van der Waals surface area contributed by atoms with Crippen LogP contribution in [0.1, 0.15) is 41.4 Å². The molecule has 1 aromatic carbocycles. The molecule has 206 valence electrons. The van der Waals surface area contributed by atoms with E-state index in [1.54, 1.807) is 25.3 Å². The predicted octanol–water partition coefficient (Wildman–Crippen LogP) is 1.20. The summed E-state index contributed by atoms with van der Waals surface area (Å²) in [4.78, 5) is 37.6. The van der Waals surface area contributed by atoms with Crippen molar-refractivity contribution >= 4 is 29.1 Å². The number of likely N-dealkylation sites (N-methyl/N-ethyl adjacent to an activating group) is 1. The fourth-order valence-corrected chi connectivity index (χ4v) is 5.50. The third-order valence-electron chi connectivity index (χ3n) is 7.69. The number of anilines is 2. The van der Waals surface area contributed by atoms with Gasteiger partial charge in [0.2, 0.25) is 0 Å². The lowest BCUT2D eigenvalue weighted by Gasteiger charge is -2.38. The average Bonchev–Trinajstić information content (AvgIpc) is 3.37. The molecule has 1 unspecified atom stereocenters. The summed E-state index contributed by atoms with van der Waals surface area (Å²) in [5.41, 5.74) is 7.92. The van der Waals surface area contributed by atoms with E-state index in [-0.39, 0.29) is 30.5 Å². The van der Waals surface area contributed by atoms with Gasteiger partial charge in [0.25, 0.3) is 11.8 Å². The Bertz CT molecular complexity index is 1400. The van der Waals surface area contributed by atoms with Crippen LogP contribution in [0.5, 0.6) is 11.5 Å². The first kappa shape index (κ1) is 25.2. The first-order valence-corrected chi connectivity index (χ1v) is 13.4. The first-order valence-electron chi connectivity index (χ1n) is 13.4. The number of nitrogens with zero attached hydrogens (tertiary/aromatic N) is 6. The molecule has 0 aliphatic carbocycles. The Balaban J connectivity index is 1.46. The van der Waals surface area contributed by atoms with E-state index in [0.29, 0.717) is 42.3 Å². The van der Waals surface area contributed by atoms with Crippen LogP contribution in [0.3, 0.4) is 0 Å². The highest BCUT2D eigenvalue weighted by atomic mass is 16.5. The Hall–Kier alpha value is -4.06. The molecule has 3 aliphatic rings. The normalized spacial score (nSPS) is 20.8. The van der Waals surface area contributed by atoms with Crippen LogP contribution in [-0.4, -0.2) is 90.8 Å². The molecule has 2 bridgehead atoms. The number of carbonyl (C=O) groups excluding carboxylic acids is 2. The molecule has 3 N–H and O–H groups in total. The van der Waals surface area contributed by atoms with Crippen LogP contribution in [0.2, 0.25) is 0 Å². The molecule has 0 saturated carbocycles. The van der Waals surface area contributed by atoms with E-state index in [1.807, 2.05) is 33.5 Å². The van der Waals surface area contributed by atoms with E-state index in [9.17, 15) is 9.59 Å². The van der Waals surface area contributed by atoms with Gasteiger partial charge < -0.3 is 35.2 Å². The Labute approximate surface area is 226 Å². The van der Waals surface area contributed by atoms with Crippen molar-refractivity contribution < 1.29 is 19.1 Å². The second kappa shape index (κ2) is 10.3. The number of ether oxygens (including phenoxy) is 2. The Kier molecular flexibility index (Phi) is 6.63. The Morgan fingerprint density at radius 2 is 1.97 bits per heavy atom. The number of hydrogen-bond acceptors (Lipinski definition) is 9. The number of aromatic nitrogens is 3. The minimum atomic E-state index is -0.267. The van der Waals surface area contributed by atoms with E-state index in [1.165, 1.54) is 0 Å². The zero-order valence-corrected chi connectivity index (χ0v) is 22.3. The number of rotatable bonds is 2. The molecule has 2 aromatic heterocycles. The molecule has 39 heavy (non-hydrogen) atoms. The van der Waals surface area contributed by atoms with Gasteiger partial charge in [0.15, 0.2) is 12.3 Å². The first-order chi connectivity index (χ1) is 18.9. The fraction of sp³-hybridized carbons (Fsp3) is 0.481. The number of nitrogens with one attached hydrogen (secondary N) is 1. The van der Waals surface area contributed by atoms with Crippen LogP contribution in [0.4, 0.5) is 11.6 Å². The molecule has 3 aromatic rings. The number of amides is 2. The van der Waals surface area contributed by atoms with Crippen LogP contribution in [-0.2, 0) is 4.79 Å². The highest BCUT2D eigenvalue weighted by Gasteiger charge is 2.33. The van der Waals surface area contributed by atoms with Crippen LogP contribution < -0.4 is 30.3 Å². The summed E-state index contributed by atoms with van der Waals surface area (Å²) in [6.07, 6.45) is 2.67. The zero-order valence-electron chi connectivity index (χ0n) is 22.3. The largest absolute Gasteiger partial charge is 0.497 e. The fourth-order valence-electron chi connectivity index (χ4n) is 5.50. The summed E-state index contributed by atoms with van der Waals surface area (Å²) in [7, 11) is 3.52. The highest BCUT2D eigenvalue weighted by molar-refractivity contribution is 5.98. The third-order valence-corrected chi connectivity index (χ3v) is 7.69. The lowest BCUT2D eigenvalue weighted by Crippen LogP contribution is -2.56. The summed E-state index contributed by atoms with van der Waals surface area (Å²) < 4.78 is 13.1. The van der Waals surface area contributed by atoms with Crippen molar-refractivity contribution in [3.63, 3.8) is 0 Å². The maximum Gasteiger partial charge on any atom is 0.258 e. The van der Waals surface area contributed by atoms with Crippen molar-refractivity contribution in [2.75, 3.05) is 63.3 Å². The zero-order chi connectivity index (χ0) is 27.1. The number of carbonyl (C=O) groups is 2. The van der Waals surface area contributed by atoms with Gasteiger partial charge in [-0.15, -0.1) is 0 Å². The van der Waals surface area contributed by atoms with Gasteiger partial charge in [-0.2, -0.15) is 9.61 Å². The maximum absolute atomic E-state index is 14.0. The standard InChI is InChI=1S/C27H34N8O4/c1-32-10-8-29-25(36)16-39-22-7-6-18(38-2)11-19(22)27(37)34-9-4-3-5-21(34)20-12-24-30-23(33-14-17(28)15-33)13-26(32)35(24)31-20/h6-7,11-13,17,21H,3-5,8-10,14-16,28H2,1-2H3,(H,29,36). The van der Waals surface area contributed by atoms with Gasteiger partial charge in [0.1, 0.15) is 23.1 Å². The predicted molar refractivity (Wildman–Crippen MR) is 146 cm³/mol. The van der Waals surface area contributed by atoms with Gasteiger partial charge >= 0.3 is 0 Å².